The molecule has 4 aromatic carbocycles. The average molecular weight is 745 g/mol. The lowest BCUT2D eigenvalue weighted by Crippen LogP contribution is -2.51. The standard InChI is InChI=1S/C35H32N6O13/c1-51-29-13-19-9-11-36(33(25(19)17-31(29)53-3)23-7-5-21(38(43)44)15-27(23)40(47)48)35(42)37-12-10-20-14-30(52-2)32(54-4)18-26(20)34(37)24-8-6-22(39(45)46)16-28(24)41(49)50/h5-8,13-18,33-34H,9-12H2,1-4H3/t33-,34-/m0/s1. The highest BCUT2D eigenvalue weighted by molar-refractivity contribution is 5.79. The van der Waals surface area contributed by atoms with Crippen LogP contribution >= 0.6 is 0 Å². The van der Waals surface area contributed by atoms with Crippen LogP contribution < -0.4 is 18.9 Å². The first-order chi connectivity index (χ1) is 25.8. The maximum atomic E-state index is 15.2. The van der Waals surface area contributed by atoms with E-state index in [9.17, 15) is 40.5 Å². The molecule has 0 fully saturated rings. The second-order valence-corrected chi connectivity index (χ2v) is 12.3. The third-order valence-electron chi connectivity index (χ3n) is 9.67. The van der Waals surface area contributed by atoms with Gasteiger partial charge in [0.1, 0.15) is 0 Å². The Hall–Kier alpha value is -7.05. The quantitative estimate of drug-likeness (QED) is 0.133. The molecule has 0 aromatic heterocycles. The number of benzene rings is 4. The third-order valence-corrected chi connectivity index (χ3v) is 9.67. The molecule has 54 heavy (non-hydrogen) atoms. The van der Waals surface area contributed by atoms with Crippen molar-refractivity contribution in [1.82, 2.24) is 9.80 Å². The average Bonchev–Trinajstić information content (AvgIpc) is 3.17. The molecule has 0 radical (unpaired) electrons. The molecule has 19 heteroatoms. The lowest BCUT2D eigenvalue weighted by atomic mass is 9.85. The highest BCUT2D eigenvalue weighted by atomic mass is 16.6. The fourth-order valence-electron chi connectivity index (χ4n) is 7.21. The Morgan fingerprint density at radius 1 is 0.537 bits per heavy atom. The molecule has 0 bridgehead atoms. The van der Waals surface area contributed by atoms with E-state index >= 15 is 4.79 Å². The number of hydrogen-bond acceptors (Lipinski definition) is 13. The lowest BCUT2D eigenvalue weighted by molar-refractivity contribution is -0.395. The maximum Gasteiger partial charge on any atom is 0.321 e. The minimum absolute atomic E-state index is 0.00943. The Kier molecular flexibility index (Phi) is 9.88. The monoisotopic (exact) mass is 744 g/mol. The number of urea groups is 1. The van der Waals surface area contributed by atoms with Gasteiger partial charge in [-0.1, -0.05) is 0 Å². The lowest BCUT2D eigenvalue weighted by Gasteiger charge is -2.44. The molecule has 2 amide bonds. The van der Waals surface area contributed by atoms with E-state index in [4.69, 9.17) is 18.9 Å². The molecule has 0 spiro atoms. The molecule has 0 saturated carbocycles. The minimum Gasteiger partial charge on any atom is -0.493 e. The van der Waals surface area contributed by atoms with Gasteiger partial charge in [-0.3, -0.25) is 40.5 Å². The number of nitrogens with zero attached hydrogens (tertiary/aromatic N) is 6. The molecule has 6 rings (SSSR count). The van der Waals surface area contributed by atoms with E-state index in [1.165, 1.54) is 50.4 Å². The number of non-ortho nitro benzene ring substituents is 2. The SMILES string of the molecule is COc1cc2c(cc1OC)[C@H](c1ccc([N+](=O)[O-])cc1[N+](=O)[O-])N(C(=O)N1CCc3cc(OC)c(OC)cc3[C@@H]1c1ccc([N+](=O)[O-])cc1[N+](=O)[O-])CC2. The minimum atomic E-state index is -1.21. The van der Waals surface area contributed by atoms with Crippen LogP contribution in [0, 0.1) is 40.5 Å². The topological polar surface area (TPSA) is 233 Å². The van der Waals surface area contributed by atoms with Gasteiger partial charge in [0.2, 0.25) is 0 Å². The molecule has 2 heterocycles. The molecule has 0 unspecified atom stereocenters. The van der Waals surface area contributed by atoms with Gasteiger partial charge in [0.25, 0.3) is 22.7 Å². The molecule has 2 aliphatic rings. The van der Waals surface area contributed by atoms with Crippen LogP contribution in [0.1, 0.15) is 45.5 Å². The van der Waals surface area contributed by atoms with Crippen LogP contribution in [-0.2, 0) is 12.8 Å². The zero-order valence-electron chi connectivity index (χ0n) is 29.2. The molecular weight excluding hydrogens is 712 g/mol. The normalized spacial score (nSPS) is 16.1. The van der Waals surface area contributed by atoms with Crippen LogP contribution in [0.25, 0.3) is 0 Å². The van der Waals surface area contributed by atoms with Crippen molar-refractivity contribution in [3.05, 3.63) is 135 Å². The molecule has 0 N–H and O–H groups in total. The Bertz CT molecular complexity index is 2080. The number of amides is 2. The van der Waals surface area contributed by atoms with Crippen LogP contribution in [-0.4, -0.2) is 77.1 Å². The molecule has 280 valence electrons. The number of carbonyl (C=O) groups is 1. The summed E-state index contributed by atoms with van der Waals surface area (Å²) in [5, 5.41) is 48.3. The van der Waals surface area contributed by atoms with Crippen LogP contribution in [0.2, 0.25) is 0 Å². The van der Waals surface area contributed by atoms with Gasteiger partial charge in [-0.05, 0) is 71.5 Å². The summed E-state index contributed by atoms with van der Waals surface area (Å²) < 4.78 is 22.1. The predicted molar refractivity (Wildman–Crippen MR) is 188 cm³/mol. The number of nitro benzene ring substituents is 4. The van der Waals surface area contributed by atoms with Crippen molar-refractivity contribution < 1.29 is 43.4 Å². The van der Waals surface area contributed by atoms with E-state index < -0.39 is 60.6 Å². The molecule has 4 aromatic rings. The van der Waals surface area contributed by atoms with Crippen molar-refractivity contribution in [1.29, 1.82) is 0 Å². The molecule has 2 atom stereocenters. The van der Waals surface area contributed by atoms with Gasteiger partial charge >= 0.3 is 6.03 Å². The Morgan fingerprint density at radius 2 is 0.889 bits per heavy atom. The van der Waals surface area contributed by atoms with E-state index in [1.807, 2.05) is 0 Å². The summed E-state index contributed by atoms with van der Waals surface area (Å²) in [7, 11) is 5.68. The van der Waals surface area contributed by atoms with Gasteiger partial charge < -0.3 is 28.7 Å². The van der Waals surface area contributed by atoms with Crippen LogP contribution in [0.3, 0.4) is 0 Å². The zero-order chi connectivity index (χ0) is 39.0. The summed E-state index contributed by atoms with van der Waals surface area (Å²) in [6, 6.07) is 9.80. The zero-order valence-corrected chi connectivity index (χ0v) is 29.2. The van der Waals surface area contributed by atoms with E-state index in [0.29, 0.717) is 33.8 Å². The van der Waals surface area contributed by atoms with Crippen LogP contribution in [0.15, 0.2) is 60.7 Å². The molecule has 0 aliphatic carbocycles. The molecule has 19 nitrogen and oxygen atoms in total. The van der Waals surface area contributed by atoms with Crippen molar-refractivity contribution >= 4 is 28.8 Å². The van der Waals surface area contributed by atoms with Crippen molar-refractivity contribution in [2.75, 3.05) is 41.5 Å². The van der Waals surface area contributed by atoms with Crippen molar-refractivity contribution in [3.63, 3.8) is 0 Å². The number of rotatable bonds is 10. The van der Waals surface area contributed by atoms with Crippen molar-refractivity contribution in [2.24, 2.45) is 0 Å². The Labute approximate surface area is 305 Å². The first kappa shape index (κ1) is 36.7. The number of ether oxygens (including phenoxy) is 4. The number of nitro groups is 4. The summed E-state index contributed by atoms with van der Waals surface area (Å²) in [4.78, 5) is 63.2. The van der Waals surface area contributed by atoms with E-state index in [0.717, 1.165) is 24.3 Å². The third kappa shape index (κ3) is 6.35. The number of carbonyl (C=O) groups excluding carboxylic acids is 1. The van der Waals surface area contributed by atoms with Crippen LogP contribution in [0.4, 0.5) is 27.5 Å². The largest absolute Gasteiger partial charge is 0.493 e. The number of fused-ring (bicyclic) bond motifs is 2. The Morgan fingerprint density at radius 3 is 1.20 bits per heavy atom. The molecule has 0 saturated heterocycles. The maximum absolute atomic E-state index is 15.2. The summed E-state index contributed by atoms with van der Waals surface area (Å²) in [5.74, 6) is 1.26. The van der Waals surface area contributed by atoms with Crippen molar-refractivity contribution in [2.45, 2.75) is 24.9 Å². The molecular formula is C35H32N6O13. The summed E-state index contributed by atoms with van der Waals surface area (Å²) in [6.07, 6.45) is 0.493. The van der Waals surface area contributed by atoms with E-state index in [2.05, 4.69) is 0 Å². The van der Waals surface area contributed by atoms with Gasteiger partial charge in [0.05, 0.1) is 83.5 Å². The highest BCUT2D eigenvalue weighted by Gasteiger charge is 2.44. The first-order valence-electron chi connectivity index (χ1n) is 16.3. The first-order valence-corrected chi connectivity index (χ1v) is 16.3. The highest BCUT2D eigenvalue weighted by Crippen LogP contribution is 2.48. The smallest absolute Gasteiger partial charge is 0.321 e. The summed E-state index contributed by atoms with van der Waals surface area (Å²) >= 11 is 0. The van der Waals surface area contributed by atoms with Gasteiger partial charge in [0, 0.05) is 25.2 Å². The second kappa shape index (κ2) is 14.5. The Balaban J connectivity index is 1.59. The second-order valence-electron chi connectivity index (χ2n) is 12.3. The van der Waals surface area contributed by atoms with Gasteiger partial charge in [0.15, 0.2) is 23.0 Å². The predicted octanol–water partition coefficient (Wildman–Crippen LogP) is 6.07. The van der Waals surface area contributed by atoms with E-state index in [1.54, 1.807) is 24.3 Å². The van der Waals surface area contributed by atoms with Crippen molar-refractivity contribution in [3.8, 4) is 23.0 Å². The van der Waals surface area contributed by atoms with E-state index in [-0.39, 0.29) is 48.6 Å². The molecule has 2 aliphatic heterocycles. The fraction of sp³-hybridized carbons (Fsp3) is 0.286. The van der Waals surface area contributed by atoms with Gasteiger partial charge in [-0.15, -0.1) is 0 Å². The van der Waals surface area contributed by atoms with Gasteiger partial charge in [-0.2, -0.15) is 0 Å². The summed E-state index contributed by atoms with van der Waals surface area (Å²) in [5.41, 5.74) is -0.186. The summed E-state index contributed by atoms with van der Waals surface area (Å²) in [6.45, 7) is -0.0189. The number of methoxy groups -OCH3 is 4. The fourth-order valence-corrected chi connectivity index (χ4v) is 7.21. The van der Waals surface area contributed by atoms with Gasteiger partial charge in [-0.25, -0.2) is 4.79 Å². The number of hydrogen-bond donors (Lipinski definition) is 0. The van der Waals surface area contributed by atoms with Crippen LogP contribution in [0.5, 0.6) is 23.0 Å².